The summed E-state index contributed by atoms with van der Waals surface area (Å²) in [7, 11) is 0. The summed E-state index contributed by atoms with van der Waals surface area (Å²) in [5, 5.41) is 8.46. The number of halogens is 1. The normalized spacial score (nSPS) is 8.45. The second kappa shape index (κ2) is 4.40. The predicted octanol–water partition coefficient (Wildman–Crippen LogP) is -1.45. The van der Waals surface area contributed by atoms with Crippen molar-refractivity contribution in [3.8, 4) is 0 Å². The van der Waals surface area contributed by atoms with Crippen molar-refractivity contribution in [2.24, 2.45) is 0 Å². The maximum atomic E-state index is 10.3. The van der Waals surface area contributed by atoms with Crippen LogP contribution in [0.2, 0.25) is 5.15 Å². The van der Waals surface area contributed by atoms with Crippen LogP contribution in [0.15, 0.2) is 18.3 Å². The van der Waals surface area contributed by atoms with Gasteiger partial charge in [0.15, 0.2) is 0 Å². The second-order valence-corrected chi connectivity index (χ2v) is 2.00. The summed E-state index contributed by atoms with van der Waals surface area (Å²) < 4.78 is 0. The van der Waals surface area contributed by atoms with Gasteiger partial charge in [0.25, 0.3) is 0 Å². The summed E-state index contributed by atoms with van der Waals surface area (Å²) in [6.07, 6.45) is 1.44. The second-order valence-electron chi connectivity index (χ2n) is 1.65. The minimum Gasteiger partial charge on any atom is -1.00 e. The number of hydrogen-bond donors (Lipinski definition) is 1. The van der Waals surface area contributed by atoms with Crippen LogP contribution in [0.25, 0.3) is 0 Å². The number of rotatable bonds is 1. The summed E-state index contributed by atoms with van der Waals surface area (Å²) in [6, 6.07) is 2.92. The van der Waals surface area contributed by atoms with E-state index < -0.39 is 5.97 Å². The summed E-state index contributed by atoms with van der Waals surface area (Å²) in [5.74, 6) is -1.06. The van der Waals surface area contributed by atoms with E-state index in [2.05, 4.69) is 4.98 Å². The molecule has 0 aromatic carbocycles. The first-order chi connectivity index (χ1) is 4.72. The number of carboxylic acids is 1. The van der Waals surface area contributed by atoms with Crippen LogP contribution in [-0.4, -0.2) is 16.1 Å². The Morgan fingerprint density at radius 3 is 2.73 bits per heavy atom. The third-order valence-corrected chi connectivity index (χ3v) is 1.29. The fourth-order valence-corrected chi connectivity index (χ4v) is 0.746. The Hall–Kier alpha value is -0.493. The number of aromatic nitrogens is 1. The Bertz CT molecular complexity index is 271. The molecule has 5 heteroatoms. The third kappa shape index (κ3) is 2.55. The van der Waals surface area contributed by atoms with Crippen molar-refractivity contribution in [3.05, 3.63) is 29.0 Å². The summed E-state index contributed by atoms with van der Waals surface area (Å²) in [5.41, 5.74) is 0.0316. The zero-order chi connectivity index (χ0) is 7.56. The Morgan fingerprint density at radius 2 is 2.36 bits per heavy atom. The molecule has 0 aliphatic rings. The average molecular weight is 166 g/mol. The number of nitrogens with zero attached hydrogens (tertiary/aromatic N) is 1. The first-order valence-electron chi connectivity index (χ1n) is 2.55. The molecule has 0 fully saturated rings. The number of aromatic carboxylic acids is 1. The van der Waals surface area contributed by atoms with Gasteiger partial charge in [0.1, 0.15) is 5.15 Å². The largest absolute Gasteiger partial charge is 1.00 e. The molecule has 1 N–H and O–H groups in total. The van der Waals surface area contributed by atoms with Crippen molar-refractivity contribution in [1.29, 1.82) is 0 Å². The van der Waals surface area contributed by atoms with Crippen LogP contribution >= 0.6 is 11.6 Å². The van der Waals surface area contributed by atoms with Gasteiger partial charge in [-0.2, -0.15) is 0 Å². The summed E-state index contributed by atoms with van der Waals surface area (Å²) in [4.78, 5) is 13.9. The fourth-order valence-electron chi connectivity index (χ4n) is 0.546. The molecule has 0 amide bonds. The van der Waals surface area contributed by atoms with E-state index in [0.717, 1.165) is 0 Å². The van der Waals surface area contributed by atoms with Crippen molar-refractivity contribution >= 4 is 17.6 Å². The first-order valence-corrected chi connectivity index (χ1v) is 2.93. The molecular formula is C6H5ClLiNO2. The average Bonchev–Trinajstić information content (AvgIpc) is 1.88. The summed E-state index contributed by atoms with van der Waals surface area (Å²) >= 11 is 5.43. The van der Waals surface area contributed by atoms with Crippen LogP contribution in [0, 0.1) is 0 Å². The molecule has 1 aromatic heterocycles. The Balaban J connectivity index is 0. The van der Waals surface area contributed by atoms with Gasteiger partial charge in [-0.1, -0.05) is 11.6 Å². The minimum atomic E-state index is -1.06. The molecule has 0 aliphatic carbocycles. The standard InChI is InChI=1S/C6H4ClNO2.Li.H/c7-5-4(6(9)10)2-1-3-8-5;;/h1-3H,(H,9,10);;/q;+1;-1. The van der Waals surface area contributed by atoms with E-state index in [9.17, 15) is 4.79 Å². The van der Waals surface area contributed by atoms with E-state index in [-0.39, 0.29) is 31.0 Å². The quantitative estimate of drug-likeness (QED) is 0.409. The zero-order valence-electron chi connectivity index (χ0n) is 6.91. The van der Waals surface area contributed by atoms with Crippen LogP contribution < -0.4 is 18.9 Å². The molecule has 0 atom stereocenters. The molecule has 0 aliphatic heterocycles. The van der Waals surface area contributed by atoms with E-state index in [1.807, 2.05) is 0 Å². The van der Waals surface area contributed by atoms with Crippen LogP contribution in [-0.2, 0) is 0 Å². The van der Waals surface area contributed by atoms with Gasteiger partial charge in [0.05, 0.1) is 5.56 Å². The molecular weight excluding hydrogens is 160 g/mol. The van der Waals surface area contributed by atoms with E-state index in [1.165, 1.54) is 18.3 Å². The molecule has 3 nitrogen and oxygen atoms in total. The molecule has 54 valence electrons. The molecule has 1 aromatic rings. The minimum absolute atomic E-state index is 0. The van der Waals surface area contributed by atoms with Gasteiger partial charge in [-0.25, -0.2) is 9.78 Å². The Morgan fingerprint density at radius 1 is 1.73 bits per heavy atom. The predicted molar refractivity (Wildman–Crippen MR) is 37.3 cm³/mol. The monoisotopic (exact) mass is 165 g/mol. The fraction of sp³-hybridized carbons (Fsp3) is 0. The number of carbonyl (C=O) groups is 1. The van der Waals surface area contributed by atoms with Gasteiger partial charge in [0.2, 0.25) is 0 Å². The smallest absolute Gasteiger partial charge is 1.00 e. The van der Waals surface area contributed by atoms with Crippen LogP contribution in [0.3, 0.4) is 0 Å². The van der Waals surface area contributed by atoms with E-state index in [1.54, 1.807) is 0 Å². The van der Waals surface area contributed by atoms with Gasteiger partial charge in [-0.05, 0) is 12.1 Å². The number of hydrogen-bond acceptors (Lipinski definition) is 2. The van der Waals surface area contributed by atoms with Gasteiger partial charge in [-0.15, -0.1) is 0 Å². The molecule has 0 saturated carbocycles. The topological polar surface area (TPSA) is 50.2 Å². The van der Waals surface area contributed by atoms with E-state index in [4.69, 9.17) is 16.7 Å². The van der Waals surface area contributed by atoms with E-state index in [0.29, 0.717) is 0 Å². The molecule has 1 heterocycles. The first kappa shape index (κ1) is 10.5. The number of carboxylic acid groups (broad SMARTS) is 1. The van der Waals surface area contributed by atoms with Crippen LogP contribution in [0.1, 0.15) is 11.8 Å². The van der Waals surface area contributed by atoms with Crippen molar-refractivity contribution in [2.45, 2.75) is 0 Å². The summed E-state index contributed by atoms with van der Waals surface area (Å²) in [6.45, 7) is 0. The maximum Gasteiger partial charge on any atom is 1.00 e. The molecule has 0 spiro atoms. The van der Waals surface area contributed by atoms with Crippen LogP contribution in [0.4, 0.5) is 0 Å². The maximum absolute atomic E-state index is 10.3. The molecule has 0 radical (unpaired) electrons. The van der Waals surface area contributed by atoms with Crippen molar-refractivity contribution in [3.63, 3.8) is 0 Å². The van der Waals surface area contributed by atoms with Gasteiger partial charge < -0.3 is 6.53 Å². The number of pyridine rings is 1. The molecule has 1 rings (SSSR count). The molecule has 0 saturated heterocycles. The van der Waals surface area contributed by atoms with Crippen molar-refractivity contribution in [1.82, 2.24) is 4.98 Å². The van der Waals surface area contributed by atoms with Crippen LogP contribution in [0.5, 0.6) is 0 Å². The third-order valence-electron chi connectivity index (χ3n) is 0.989. The Labute approximate surface area is 82.1 Å². The molecule has 0 bridgehead atoms. The zero-order valence-corrected chi connectivity index (χ0v) is 6.67. The van der Waals surface area contributed by atoms with Gasteiger partial charge >= 0.3 is 24.8 Å². The molecule has 11 heavy (non-hydrogen) atoms. The molecule has 0 unspecified atom stereocenters. The Kier molecular flexibility index (Phi) is 4.20. The van der Waals surface area contributed by atoms with Gasteiger partial charge in [0, 0.05) is 6.20 Å². The van der Waals surface area contributed by atoms with Crippen molar-refractivity contribution < 1.29 is 30.2 Å². The van der Waals surface area contributed by atoms with E-state index >= 15 is 0 Å². The van der Waals surface area contributed by atoms with Gasteiger partial charge in [-0.3, -0.25) is 0 Å². The van der Waals surface area contributed by atoms with Crippen molar-refractivity contribution in [2.75, 3.05) is 0 Å². The SMILES string of the molecule is O=C(O)c1cccnc1Cl.[H-].[Li+].